The molecule has 0 spiro atoms. The predicted molar refractivity (Wildman–Crippen MR) is 125 cm³/mol. The maximum absolute atomic E-state index is 12.9. The first-order valence-electron chi connectivity index (χ1n) is 10.4. The molecule has 0 unspecified atom stereocenters. The van der Waals surface area contributed by atoms with E-state index >= 15 is 0 Å². The van der Waals surface area contributed by atoms with E-state index in [0.717, 1.165) is 4.31 Å². The molecule has 1 aromatic carbocycles. The van der Waals surface area contributed by atoms with Gasteiger partial charge in [0.1, 0.15) is 23.1 Å². The number of rotatable bonds is 13. The van der Waals surface area contributed by atoms with Crippen molar-refractivity contribution < 1.29 is 49.5 Å². The molecule has 1 aromatic heterocycles. The monoisotopic (exact) mass is 571 g/mol. The van der Waals surface area contributed by atoms with Gasteiger partial charge in [-0.3, -0.25) is 0 Å². The third-order valence-corrected chi connectivity index (χ3v) is 6.11. The average molecular weight is 572 g/mol. The number of benzene rings is 1. The molecule has 0 fully saturated rings. The highest BCUT2D eigenvalue weighted by molar-refractivity contribution is 7.84. The van der Waals surface area contributed by atoms with Crippen LogP contribution in [-0.2, 0) is 36.7 Å². The molecule has 1 heterocycles. The van der Waals surface area contributed by atoms with Crippen LogP contribution in [0.5, 0.6) is 17.4 Å². The van der Waals surface area contributed by atoms with Crippen molar-refractivity contribution in [1.29, 1.82) is 0 Å². The normalized spacial score (nSPS) is 11.9. The Kier molecular flexibility index (Phi) is 11.2. The molecule has 0 atom stereocenters. The highest BCUT2D eigenvalue weighted by atomic mass is 35.5. The van der Waals surface area contributed by atoms with Crippen molar-refractivity contribution in [3.63, 3.8) is 0 Å². The first-order valence-corrected chi connectivity index (χ1v) is 12.2. The second-order valence-electron chi connectivity index (χ2n) is 7.22. The molecule has 11 nitrogen and oxygen atoms in total. The van der Waals surface area contributed by atoms with E-state index in [9.17, 15) is 26.4 Å². The number of pyridine rings is 1. The van der Waals surface area contributed by atoms with Crippen molar-refractivity contribution in [2.75, 3.05) is 47.6 Å². The lowest BCUT2D eigenvalue weighted by Gasteiger charge is -2.17. The molecule has 1 N–H and O–H groups in total. The zero-order valence-electron chi connectivity index (χ0n) is 20.0. The minimum atomic E-state index is -4.66. The number of carbonyl (C=O) groups excluding carboxylic acids is 1. The molecule has 37 heavy (non-hydrogen) atoms. The largest absolute Gasteiger partial charge is 0.491 e. The maximum Gasteiger partial charge on any atom is 0.423 e. The van der Waals surface area contributed by atoms with E-state index in [0.29, 0.717) is 18.0 Å². The molecule has 0 saturated carbocycles. The van der Waals surface area contributed by atoms with E-state index in [1.54, 1.807) is 0 Å². The van der Waals surface area contributed by atoms with Crippen molar-refractivity contribution in [3.8, 4) is 17.4 Å². The molecule has 0 aliphatic carbocycles. The quantitative estimate of drug-likeness (QED) is 0.359. The second-order valence-corrected chi connectivity index (χ2v) is 9.27. The molecular formula is C21H25ClF3N3O8S. The first kappa shape index (κ1) is 30.4. The highest BCUT2D eigenvalue weighted by Gasteiger charge is 2.32. The Balaban J connectivity index is 2.21. The van der Waals surface area contributed by atoms with E-state index in [1.807, 2.05) is 0 Å². The fourth-order valence-corrected chi connectivity index (χ4v) is 3.44. The van der Waals surface area contributed by atoms with Crippen LogP contribution in [0.3, 0.4) is 0 Å². The zero-order chi connectivity index (χ0) is 27.6. The van der Waals surface area contributed by atoms with E-state index in [4.69, 9.17) is 30.5 Å². The van der Waals surface area contributed by atoms with Crippen LogP contribution in [0, 0.1) is 0 Å². The summed E-state index contributed by atoms with van der Waals surface area (Å²) in [5, 5.41) is 1.85. The van der Waals surface area contributed by atoms with Gasteiger partial charge in [0.05, 0.1) is 18.8 Å². The number of hydrogen-bond acceptors (Lipinski definition) is 9. The number of halogens is 4. The zero-order valence-corrected chi connectivity index (χ0v) is 21.6. The van der Waals surface area contributed by atoms with Crippen LogP contribution in [0.15, 0.2) is 30.5 Å². The van der Waals surface area contributed by atoms with Gasteiger partial charge in [-0.2, -0.15) is 25.9 Å². The molecule has 2 aromatic rings. The number of aromatic nitrogens is 1. The molecule has 0 aliphatic rings. The van der Waals surface area contributed by atoms with Crippen LogP contribution in [0.4, 0.5) is 18.0 Å². The summed E-state index contributed by atoms with van der Waals surface area (Å²) in [4.78, 5) is 15.7. The first-order chi connectivity index (χ1) is 17.4. The molecule has 0 radical (unpaired) electrons. The molecule has 1 amide bonds. The molecule has 206 valence electrons. The van der Waals surface area contributed by atoms with Crippen molar-refractivity contribution in [2.24, 2.45) is 0 Å². The number of hydrogen-bond donors (Lipinski definition) is 1. The summed E-state index contributed by atoms with van der Waals surface area (Å²) in [7, 11) is -0.303. The van der Waals surface area contributed by atoms with Crippen LogP contribution in [-0.4, -0.2) is 71.4 Å². The summed E-state index contributed by atoms with van der Waals surface area (Å²) in [6, 6.07) is 5.06. The third-order valence-electron chi connectivity index (χ3n) is 4.53. The van der Waals surface area contributed by atoms with Crippen LogP contribution >= 0.6 is 11.6 Å². The maximum atomic E-state index is 12.9. The Morgan fingerprint density at radius 1 is 1.14 bits per heavy atom. The van der Waals surface area contributed by atoms with E-state index < -0.39 is 33.2 Å². The number of ether oxygens (including phenoxy) is 4. The minimum absolute atomic E-state index is 0.0180. The van der Waals surface area contributed by atoms with Gasteiger partial charge in [-0.1, -0.05) is 11.6 Å². The summed E-state index contributed by atoms with van der Waals surface area (Å²) in [6.07, 6.45) is -5.38. The Bertz CT molecular complexity index is 1170. The standard InChI is InChI=1S/C21H25ClF3N3O8S/c1-28(6-7-32-2)37(30,31)36-20(29)27-12-14-4-5-16(34-9-8-33-3)11-18(14)35-19-17(22)10-15(13-26-19)21(23,24)25/h4-5,10-11,13H,6-9,12H2,1-3H3,(H,27,29). The van der Waals surface area contributed by atoms with Gasteiger partial charge >= 0.3 is 22.6 Å². The number of amides is 1. The van der Waals surface area contributed by atoms with Gasteiger partial charge in [-0.05, 0) is 18.2 Å². The molecule has 2 rings (SSSR count). The summed E-state index contributed by atoms with van der Waals surface area (Å²) >= 11 is 5.94. The van der Waals surface area contributed by atoms with Crippen LogP contribution in [0.2, 0.25) is 5.02 Å². The van der Waals surface area contributed by atoms with Gasteiger partial charge in [-0.15, -0.1) is 0 Å². The van der Waals surface area contributed by atoms with Crippen LogP contribution in [0.1, 0.15) is 11.1 Å². The number of methoxy groups -OCH3 is 2. The Labute approximate surface area is 216 Å². The Hall–Kier alpha value is -2.85. The van der Waals surface area contributed by atoms with Crippen molar-refractivity contribution in [3.05, 3.63) is 46.6 Å². The minimum Gasteiger partial charge on any atom is -0.491 e. The van der Waals surface area contributed by atoms with Gasteiger partial charge < -0.3 is 28.4 Å². The van der Waals surface area contributed by atoms with Gasteiger partial charge in [0.15, 0.2) is 0 Å². The SMILES string of the molecule is COCCOc1ccc(CNC(=O)OS(=O)(=O)N(C)CCOC)c(Oc2ncc(C(F)(F)F)cc2Cl)c1. The smallest absolute Gasteiger partial charge is 0.423 e. The lowest BCUT2D eigenvalue weighted by molar-refractivity contribution is -0.137. The Morgan fingerprint density at radius 2 is 1.84 bits per heavy atom. The van der Waals surface area contributed by atoms with Crippen LogP contribution < -0.4 is 14.8 Å². The number of alkyl halides is 3. The predicted octanol–water partition coefficient (Wildman–Crippen LogP) is 3.62. The topological polar surface area (TPSA) is 126 Å². The van der Waals surface area contributed by atoms with E-state index in [-0.39, 0.29) is 50.1 Å². The van der Waals surface area contributed by atoms with Gasteiger partial charge in [0, 0.05) is 52.2 Å². The van der Waals surface area contributed by atoms with Crippen molar-refractivity contribution in [1.82, 2.24) is 14.6 Å². The third kappa shape index (κ3) is 9.51. The van der Waals surface area contributed by atoms with E-state index in [1.165, 1.54) is 39.5 Å². The lowest BCUT2D eigenvalue weighted by atomic mass is 10.2. The van der Waals surface area contributed by atoms with Gasteiger partial charge in [0.2, 0.25) is 5.88 Å². The van der Waals surface area contributed by atoms with Crippen molar-refractivity contribution >= 4 is 28.0 Å². The molecule has 0 aliphatic heterocycles. The fourth-order valence-electron chi connectivity index (χ4n) is 2.56. The number of nitrogens with one attached hydrogen (secondary N) is 1. The van der Waals surface area contributed by atoms with Crippen LogP contribution in [0.25, 0.3) is 0 Å². The molecule has 0 bridgehead atoms. The summed E-state index contributed by atoms with van der Waals surface area (Å²) < 4.78 is 89.1. The summed E-state index contributed by atoms with van der Waals surface area (Å²) in [6.45, 7) is 0.219. The fraction of sp³-hybridized carbons (Fsp3) is 0.429. The Morgan fingerprint density at radius 3 is 2.46 bits per heavy atom. The molecular weight excluding hydrogens is 547 g/mol. The lowest BCUT2D eigenvalue weighted by Crippen LogP contribution is -2.36. The van der Waals surface area contributed by atoms with E-state index in [2.05, 4.69) is 14.5 Å². The summed E-state index contributed by atoms with van der Waals surface area (Å²) in [5.41, 5.74) is -0.790. The number of carbonyl (C=O) groups is 1. The average Bonchev–Trinajstić information content (AvgIpc) is 2.82. The molecule has 16 heteroatoms. The highest BCUT2D eigenvalue weighted by Crippen LogP contribution is 2.36. The number of likely N-dealkylation sites (N-methyl/N-ethyl adjacent to an activating group) is 1. The number of nitrogens with zero attached hydrogens (tertiary/aromatic N) is 2. The second kappa shape index (κ2) is 13.6. The summed E-state index contributed by atoms with van der Waals surface area (Å²) in [5.74, 6) is -0.0110. The van der Waals surface area contributed by atoms with Gasteiger partial charge in [-0.25, -0.2) is 9.78 Å². The molecule has 0 saturated heterocycles. The van der Waals surface area contributed by atoms with Crippen molar-refractivity contribution in [2.45, 2.75) is 12.7 Å². The van der Waals surface area contributed by atoms with Gasteiger partial charge in [0.25, 0.3) is 0 Å².